The fraction of sp³-hybridized carbons (Fsp3) is 0.458. The summed E-state index contributed by atoms with van der Waals surface area (Å²) in [5.41, 5.74) is 5.69. The van der Waals surface area contributed by atoms with Crippen molar-refractivity contribution in [3.05, 3.63) is 52.8 Å². The van der Waals surface area contributed by atoms with Gasteiger partial charge in [-0.25, -0.2) is 0 Å². The SMILES string of the molecule is CCN(C)CCc1cc(C)c(Oc2nc(-c3ccc(C(C)(C)C)nc3)ns2)cc1C.Cl. The zero-order valence-corrected chi connectivity index (χ0v) is 21.2. The van der Waals surface area contributed by atoms with Gasteiger partial charge in [-0.2, -0.15) is 9.36 Å². The van der Waals surface area contributed by atoms with Crippen LogP contribution in [0.2, 0.25) is 0 Å². The fourth-order valence-electron chi connectivity index (χ4n) is 3.13. The van der Waals surface area contributed by atoms with Crippen LogP contribution in [0.25, 0.3) is 11.4 Å². The molecule has 0 aliphatic heterocycles. The summed E-state index contributed by atoms with van der Waals surface area (Å²) in [5, 5.41) is 0.547. The van der Waals surface area contributed by atoms with E-state index in [4.69, 9.17) is 4.74 Å². The molecule has 0 bridgehead atoms. The van der Waals surface area contributed by atoms with Crippen LogP contribution in [-0.4, -0.2) is 39.4 Å². The summed E-state index contributed by atoms with van der Waals surface area (Å²) >= 11 is 1.27. The van der Waals surface area contributed by atoms with E-state index in [0.717, 1.165) is 42.1 Å². The molecule has 0 saturated carbocycles. The van der Waals surface area contributed by atoms with Gasteiger partial charge in [0.25, 0.3) is 5.19 Å². The molecule has 0 amide bonds. The molecule has 0 unspecified atom stereocenters. The number of hydrogen-bond donors (Lipinski definition) is 0. The van der Waals surface area contributed by atoms with Crippen molar-refractivity contribution in [1.82, 2.24) is 19.2 Å². The number of ether oxygens (including phenoxy) is 1. The molecule has 3 aromatic rings. The van der Waals surface area contributed by atoms with E-state index < -0.39 is 0 Å². The monoisotopic (exact) mass is 460 g/mol. The van der Waals surface area contributed by atoms with Gasteiger partial charge in [-0.15, -0.1) is 12.4 Å². The van der Waals surface area contributed by atoms with Gasteiger partial charge in [0.05, 0.1) is 0 Å². The summed E-state index contributed by atoms with van der Waals surface area (Å²) in [5.74, 6) is 1.49. The Kier molecular flexibility index (Phi) is 8.57. The number of likely N-dealkylation sites (N-methyl/N-ethyl adjacent to an activating group) is 1. The Hall–Kier alpha value is -2.02. The Morgan fingerprint density at radius 1 is 1.10 bits per heavy atom. The lowest BCUT2D eigenvalue weighted by atomic mass is 9.91. The predicted octanol–water partition coefficient (Wildman–Crippen LogP) is 6.22. The van der Waals surface area contributed by atoms with Crippen molar-refractivity contribution in [3.63, 3.8) is 0 Å². The van der Waals surface area contributed by atoms with Crippen LogP contribution in [-0.2, 0) is 11.8 Å². The van der Waals surface area contributed by atoms with Gasteiger partial charge in [0.15, 0.2) is 5.82 Å². The highest BCUT2D eigenvalue weighted by Crippen LogP contribution is 2.31. The molecule has 5 nitrogen and oxygen atoms in total. The van der Waals surface area contributed by atoms with Gasteiger partial charge in [-0.3, -0.25) is 4.98 Å². The molecule has 0 aliphatic rings. The minimum absolute atomic E-state index is 0. The second kappa shape index (κ2) is 10.5. The largest absolute Gasteiger partial charge is 0.430 e. The van der Waals surface area contributed by atoms with Gasteiger partial charge in [0, 0.05) is 40.9 Å². The van der Waals surface area contributed by atoms with Crippen LogP contribution in [0.4, 0.5) is 0 Å². The van der Waals surface area contributed by atoms with E-state index in [0.29, 0.717) is 11.0 Å². The van der Waals surface area contributed by atoms with Crippen LogP contribution in [0, 0.1) is 13.8 Å². The minimum atomic E-state index is 0. The van der Waals surface area contributed by atoms with Crippen LogP contribution in [0.1, 0.15) is 50.1 Å². The van der Waals surface area contributed by atoms with E-state index in [1.54, 1.807) is 0 Å². The molecule has 0 spiro atoms. The molecule has 0 N–H and O–H groups in total. The number of pyridine rings is 1. The number of nitrogens with zero attached hydrogens (tertiary/aromatic N) is 4. The second-order valence-electron chi connectivity index (χ2n) is 8.86. The molecule has 0 aliphatic carbocycles. The van der Waals surface area contributed by atoms with Crippen molar-refractivity contribution in [2.45, 2.75) is 53.4 Å². The molecule has 0 radical (unpaired) electrons. The molecule has 3 rings (SSSR count). The standard InChI is InChI=1S/C24H32N4OS.ClH/c1-8-28(7)12-11-18-13-17(3)20(14-16(18)2)29-23-26-22(27-30-23)19-9-10-21(25-15-19)24(4,5)6;/h9-10,13-15H,8,11-12H2,1-7H3;1H. The first-order valence-electron chi connectivity index (χ1n) is 10.4. The van der Waals surface area contributed by atoms with E-state index in [1.165, 1.54) is 22.7 Å². The number of aryl methyl sites for hydroxylation is 2. The van der Waals surface area contributed by atoms with Crippen LogP contribution < -0.4 is 4.74 Å². The number of halogens is 1. The molecule has 0 atom stereocenters. The summed E-state index contributed by atoms with van der Waals surface area (Å²) in [7, 11) is 2.15. The van der Waals surface area contributed by atoms with Crippen LogP contribution in [0.3, 0.4) is 0 Å². The molecule has 7 heteroatoms. The molecule has 2 heterocycles. The Balaban J connectivity index is 0.00000341. The third-order valence-electron chi connectivity index (χ3n) is 5.33. The summed E-state index contributed by atoms with van der Waals surface area (Å²) in [6.45, 7) is 15.0. The predicted molar refractivity (Wildman–Crippen MR) is 132 cm³/mol. The van der Waals surface area contributed by atoms with Crippen molar-refractivity contribution in [3.8, 4) is 22.3 Å². The molecule has 31 heavy (non-hydrogen) atoms. The van der Waals surface area contributed by atoms with E-state index in [-0.39, 0.29) is 17.8 Å². The maximum absolute atomic E-state index is 6.09. The quantitative estimate of drug-likeness (QED) is 0.418. The lowest BCUT2D eigenvalue weighted by Gasteiger charge is -2.17. The Bertz CT molecular complexity index is 996. The molecule has 168 valence electrons. The molecule has 1 aromatic carbocycles. The van der Waals surface area contributed by atoms with E-state index >= 15 is 0 Å². The van der Waals surface area contributed by atoms with Gasteiger partial charge in [0.2, 0.25) is 0 Å². The van der Waals surface area contributed by atoms with Gasteiger partial charge in [-0.05, 0) is 68.8 Å². The van der Waals surface area contributed by atoms with Gasteiger partial charge in [-0.1, -0.05) is 33.8 Å². The first kappa shape index (κ1) is 25.2. The highest BCUT2D eigenvalue weighted by Gasteiger charge is 2.16. The van der Waals surface area contributed by atoms with Gasteiger partial charge >= 0.3 is 0 Å². The first-order chi connectivity index (χ1) is 14.2. The Morgan fingerprint density at radius 3 is 2.45 bits per heavy atom. The average Bonchev–Trinajstić information content (AvgIpc) is 3.17. The van der Waals surface area contributed by atoms with E-state index in [9.17, 15) is 0 Å². The Labute approximate surface area is 196 Å². The molecular formula is C24H33ClN4OS. The minimum Gasteiger partial charge on any atom is -0.430 e. The molecule has 2 aromatic heterocycles. The van der Waals surface area contributed by atoms with E-state index in [2.05, 4.69) is 80.0 Å². The second-order valence-corrected chi connectivity index (χ2v) is 9.57. The molecule has 0 fully saturated rings. The fourth-order valence-corrected chi connectivity index (χ4v) is 3.70. The summed E-state index contributed by atoms with van der Waals surface area (Å²) in [6, 6.07) is 8.40. The van der Waals surface area contributed by atoms with Crippen molar-refractivity contribution in [2.75, 3.05) is 20.1 Å². The van der Waals surface area contributed by atoms with Crippen LogP contribution in [0.5, 0.6) is 10.9 Å². The summed E-state index contributed by atoms with van der Waals surface area (Å²) in [4.78, 5) is 11.5. The third kappa shape index (κ3) is 6.48. The van der Waals surface area contributed by atoms with Crippen LogP contribution in [0.15, 0.2) is 30.5 Å². The van der Waals surface area contributed by atoms with Crippen molar-refractivity contribution < 1.29 is 4.74 Å². The third-order valence-corrected chi connectivity index (χ3v) is 5.93. The number of hydrogen-bond acceptors (Lipinski definition) is 6. The maximum atomic E-state index is 6.09. The summed E-state index contributed by atoms with van der Waals surface area (Å²) in [6.07, 6.45) is 2.88. The first-order valence-corrected chi connectivity index (χ1v) is 11.2. The van der Waals surface area contributed by atoms with Crippen molar-refractivity contribution in [2.24, 2.45) is 0 Å². The maximum Gasteiger partial charge on any atom is 0.299 e. The van der Waals surface area contributed by atoms with Crippen LogP contribution >= 0.6 is 23.9 Å². The normalized spacial score (nSPS) is 11.5. The lowest BCUT2D eigenvalue weighted by Crippen LogP contribution is -2.20. The topological polar surface area (TPSA) is 51.1 Å². The molecule has 0 saturated heterocycles. The number of aromatic nitrogens is 3. The van der Waals surface area contributed by atoms with Gasteiger partial charge in [0.1, 0.15) is 5.75 Å². The van der Waals surface area contributed by atoms with E-state index in [1.807, 2.05) is 18.3 Å². The highest BCUT2D eigenvalue weighted by molar-refractivity contribution is 7.07. The van der Waals surface area contributed by atoms with Gasteiger partial charge < -0.3 is 9.64 Å². The highest BCUT2D eigenvalue weighted by atomic mass is 35.5. The lowest BCUT2D eigenvalue weighted by molar-refractivity contribution is 0.357. The zero-order chi connectivity index (χ0) is 21.9. The molecular weight excluding hydrogens is 428 g/mol. The smallest absolute Gasteiger partial charge is 0.299 e. The summed E-state index contributed by atoms with van der Waals surface area (Å²) < 4.78 is 10.5. The average molecular weight is 461 g/mol. The number of benzene rings is 1. The van der Waals surface area contributed by atoms with Crippen molar-refractivity contribution in [1.29, 1.82) is 0 Å². The Morgan fingerprint density at radius 2 is 1.84 bits per heavy atom. The van der Waals surface area contributed by atoms with Crippen molar-refractivity contribution >= 4 is 23.9 Å². The zero-order valence-electron chi connectivity index (χ0n) is 19.5. The number of rotatable bonds is 7.